The molecule has 0 bridgehead atoms. The van der Waals surface area contributed by atoms with Crippen molar-refractivity contribution in [1.29, 1.82) is 0 Å². The van der Waals surface area contributed by atoms with Crippen molar-refractivity contribution in [2.24, 2.45) is 13.0 Å². The summed E-state index contributed by atoms with van der Waals surface area (Å²) >= 11 is 0. The van der Waals surface area contributed by atoms with E-state index in [0.29, 0.717) is 24.7 Å². The Kier molecular flexibility index (Phi) is 5.96. The number of para-hydroxylation sites is 1. The van der Waals surface area contributed by atoms with Gasteiger partial charge >= 0.3 is 0 Å². The van der Waals surface area contributed by atoms with Crippen LogP contribution in [0.25, 0.3) is 10.9 Å². The van der Waals surface area contributed by atoms with Crippen LogP contribution in [-0.2, 0) is 18.3 Å². The van der Waals surface area contributed by atoms with Crippen molar-refractivity contribution in [2.45, 2.75) is 57.4 Å². The van der Waals surface area contributed by atoms with Crippen molar-refractivity contribution >= 4 is 22.7 Å². The molecular formula is C26H32N4O3. The highest BCUT2D eigenvalue weighted by Crippen LogP contribution is 2.40. The number of carbonyl (C=O) groups is 2. The molecule has 174 valence electrons. The summed E-state index contributed by atoms with van der Waals surface area (Å²) in [4.78, 5) is 27.8. The number of piperidine rings is 1. The Balaban J connectivity index is 1.16. The molecule has 0 radical (unpaired) electrons. The largest absolute Gasteiger partial charge is 0.360 e. The number of rotatable bonds is 7. The maximum absolute atomic E-state index is 13.3. The summed E-state index contributed by atoms with van der Waals surface area (Å²) in [6, 6.07) is 10.2. The number of nitrogens with zero attached hydrogens (tertiary/aromatic N) is 3. The van der Waals surface area contributed by atoms with Gasteiger partial charge in [0.05, 0.1) is 0 Å². The maximum Gasteiger partial charge on any atom is 0.273 e. The summed E-state index contributed by atoms with van der Waals surface area (Å²) in [6.07, 6.45) is 7.47. The van der Waals surface area contributed by atoms with Gasteiger partial charge in [-0.3, -0.25) is 9.59 Å². The third-order valence-corrected chi connectivity index (χ3v) is 7.17. The zero-order valence-corrected chi connectivity index (χ0v) is 19.4. The molecular weight excluding hydrogens is 416 g/mol. The van der Waals surface area contributed by atoms with Crippen LogP contribution in [0.2, 0.25) is 0 Å². The van der Waals surface area contributed by atoms with E-state index < -0.39 is 0 Å². The molecule has 1 aliphatic heterocycles. The first kappa shape index (κ1) is 21.7. The zero-order valence-electron chi connectivity index (χ0n) is 19.4. The van der Waals surface area contributed by atoms with Crippen LogP contribution in [0.4, 0.5) is 0 Å². The van der Waals surface area contributed by atoms with Gasteiger partial charge in [-0.1, -0.05) is 30.3 Å². The van der Waals surface area contributed by atoms with Crippen molar-refractivity contribution in [3.63, 3.8) is 0 Å². The number of aryl methyl sites for hydroxylation is 1. The number of hydrogen-bond acceptors (Lipinski definition) is 4. The summed E-state index contributed by atoms with van der Waals surface area (Å²) < 4.78 is 7.44. The second-order valence-electron chi connectivity index (χ2n) is 9.55. The highest BCUT2D eigenvalue weighted by Gasteiger charge is 2.31. The Hall–Kier alpha value is -3.09. The number of likely N-dealkylation sites (tertiary alicyclic amines) is 1. The monoisotopic (exact) mass is 448 g/mol. The van der Waals surface area contributed by atoms with Gasteiger partial charge in [0.2, 0.25) is 5.91 Å². The zero-order chi connectivity index (χ0) is 22.9. The Morgan fingerprint density at radius 1 is 1.18 bits per heavy atom. The molecule has 1 atom stereocenters. The minimum Gasteiger partial charge on any atom is -0.360 e. The minimum absolute atomic E-state index is 0.0297. The molecule has 5 rings (SSSR count). The lowest BCUT2D eigenvalue weighted by Gasteiger charge is -2.34. The lowest BCUT2D eigenvalue weighted by atomic mass is 9.94. The van der Waals surface area contributed by atoms with E-state index in [9.17, 15) is 9.59 Å². The van der Waals surface area contributed by atoms with Crippen molar-refractivity contribution in [2.75, 3.05) is 13.1 Å². The van der Waals surface area contributed by atoms with E-state index >= 15 is 0 Å². The van der Waals surface area contributed by atoms with Gasteiger partial charge in [0, 0.05) is 61.2 Å². The Morgan fingerprint density at radius 2 is 1.94 bits per heavy atom. The summed E-state index contributed by atoms with van der Waals surface area (Å²) in [6.45, 7) is 3.43. The Bertz CT molecular complexity index is 1150. The normalized spacial score (nSPS) is 17.9. The van der Waals surface area contributed by atoms with Gasteiger partial charge in [-0.25, -0.2) is 0 Å². The fraction of sp³-hybridized carbons (Fsp3) is 0.500. The molecule has 2 amide bonds. The molecule has 1 aromatic carbocycles. The number of amides is 2. The smallest absolute Gasteiger partial charge is 0.273 e. The van der Waals surface area contributed by atoms with Gasteiger partial charge in [0.25, 0.3) is 5.91 Å². The molecule has 7 nitrogen and oxygen atoms in total. The van der Waals surface area contributed by atoms with Gasteiger partial charge in [0.1, 0.15) is 5.76 Å². The first-order chi connectivity index (χ1) is 16.0. The summed E-state index contributed by atoms with van der Waals surface area (Å²) in [5, 5.41) is 8.23. The number of hydrogen-bond donors (Lipinski definition) is 1. The van der Waals surface area contributed by atoms with Gasteiger partial charge in [-0.2, -0.15) is 0 Å². The molecule has 1 saturated carbocycles. The standard InChI is InChI=1S/C26H32N4O3/c1-3-17(14-19-16-29(2)23-7-5-4-6-21(19)23)26(32)30-12-10-20(11-13-30)27-25(31)22-15-24(33-28-22)18-8-9-18/h4-7,15-18,20H,3,8-14H2,1-2H3,(H,27,31)/t17-/m0/s1. The number of fused-ring (bicyclic) bond motifs is 1. The molecule has 1 aliphatic carbocycles. The SMILES string of the molecule is CC[C@@H](Cc1cn(C)c2ccccc12)C(=O)N1CCC(NC(=O)c2cc(C3CC3)on2)CC1. The first-order valence-corrected chi connectivity index (χ1v) is 12.1. The van der Waals surface area contributed by atoms with E-state index in [1.165, 1.54) is 16.5 Å². The quantitative estimate of drug-likeness (QED) is 0.592. The van der Waals surface area contributed by atoms with Crippen LogP contribution in [0.5, 0.6) is 0 Å². The van der Waals surface area contributed by atoms with Crippen molar-refractivity contribution < 1.29 is 14.1 Å². The third-order valence-electron chi connectivity index (χ3n) is 7.17. The lowest BCUT2D eigenvalue weighted by molar-refractivity contribution is -0.136. The van der Waals surface area contributed by atoms with Crippen LogP contribution < -0.4 is 5.32 Å². The van der Waals surface area contributed by atoms with Crippen molar-refractivity contribution in [3.05, 3.63) is 53.5 Å². The molecule has 2 aliphatic rings. The van der Waals surface area contributed by atoms with Crippen LogP contribution in [0, 0.1) is 5.92 Å². The molecule has 1 N–H and O–H groups in total. The van der Waals surface area contributed by atoms with Gasteiger partial charge < -0.3 is 19.3 Å². The maximum atomic E-state index is 13.3. The van der Waals surface area contributed by atoms with Gasteiger partial charge in [-0.05, 0) is 50.2 Å². The van der Waals surface area contributed by atoms with E-state index in [1.807, 2.05) is 11.0 Å². The molecule has 1 saturated heterocycles. The van der Waals surface area contributed by atoms with E-state index in [-0.39, 0.29) is 23.8 Å². The molecule has 7 heteroatoms. The summed E-state index contributed by atoms with van der Waals surface area (Å²) in [5.74, 6) is 1.27. The highest BCUT2D eigenvalue weighted by atomic mass is 16.5. The van der Waals surface area contributed by atoms with Gasteiger partial charge in [-0.15, -0.1) is 0 Å². The number of aromatic nitrogens is 2. The predicted molar refractivity (Wildman–Crippen MR) is 126 cm³/mol. The lowest BCUT2D eigenvalue weighted by Crippen LogP contribution is -2.48. The van der Waals surface area contributed by atoms with Crippen molar-refractivity contribution in [1.82, 2.24) is 19.9 Å². The van der Waals surface area contributed by atoms with E-state index in [0.717, 1.165) is 44.3 Å². The molecule has 33 heavy (non-hydrogen) atoms. The first-order valence-electron chi connectivity index (χ1n) is 12.1. The van der Waals surface area contributed by atoms with E-state index in [2.05, 4.69) is 53.4 Å². The molecule has 0 spiro atoms. The average Bonchev–Trinajstić information content (AvgIpc) is 3.48. The highest BCUT2D eigenvalue weighted by molar-refractivity contribution is 5.92. The molecule has 3 aromatic rings. The second-order valence-corrected chi connectivity index (χ2v) is 9.55. The number of nitrogens with one attached hydrogen (secondary N) is 1. The third kappa shape index (κ3) is 4.54. The van der Waals surface area contributed by atoms with E-state index in [4.69, 9.17) is 4.52 Å². The van der Waals surface area contributed by atoms with Crippen molar-refractivity contribution in [3.8, 4) is 0 Å². The number of carbonyl (C=O) groups excluding carboxylic acids is 2. The van der Waals surface area contributed by atoms with Gasteiger partial charge in [0.15, 0.2) is 5.69 Å². The molecule has 2 aromatic heterocycles. The fourth-order valence-corrected chi connectivity index (χ4v) is 4.98. The molecule has 3 heterocycles. The topological polar surface area (TPSA) is 80.4 Å². The summed E-state index contributed by atoms with van der Waals surface area (Å²) in [7, 11) is 2.06. The average molecular weight is 449 g/mol. The Labute approximate surface area is 194 Å². The van der Waals surface area contributed by atoms with Crippen LogP contribution in [0.1, 0.15) is 66.8 Å². The molecule has 0 unspecified atom stereocenters. The Morgan fingerprint density at radius 3 is 2.67 bits per heavy atom. The second kappa shape index (κ2) is 9.04. The van der Waals surface area contributed by atoms with Crippen LogP contribution >= 0.6 is 0 Å². The predicted octanol–water partition coefficient (Wildman–Crippen LogP) is 4.03. The summed E-state index contributed by atoms with van der Waals surface area (Å²) in [5.41, 5.74) is 2.79. The van der Waals surface area contributed by atoms with E-state index in [1.54, 1.807) is 6.07 Å². The minimum atomic E-state index is -0.183. The van der Waals surface area contributed by atoms with Crippen LogP contribution in [0.3, 0.4) is 0 Å². The number of benzene rings is 1. The van der Waals surface area contributed by atoms with Crippen LogP contribution in [0.15, 0.2) is 41.1 Å². The van der Waals surface area contributed by atoms with Crippen LogP contribution in [-0.4, -0.2) is 45.6 Å². The fourth-order valence-electron chi connectivity index (χ4n) is 4.98. The molecule has 2 fully saturated rings.